The molecule has 0 aromatic carbocycles. The van der Waals surface area contributed by atoms with Crippen molar-refractivity contribution in [3.63, 3.8) is 0 Å². The monoisotopic (exact) mass is 229 g/mol. The highest BCUT2D eigenvalue weighted by Crippen LogP contribution is 2.19. The average Bonchev–Trinajstić information content (AvgIpc) is 2.15. The Morgan fingerprint density at radius 2 is 2.00 bits per heavy atom. The molecule has 0 heterocycles. The van der Waals surface area contributed by atoms with Crippen LogP contribution in [0.15, 0.2) is 5.16 Å². The Morgan fingerprint density at radius 3 is 2.38 bits per heavy atom. The summed E-state index contributed by atoms with van der Waals surface area (Å²) in [5, 5.41) is 11.3. The third kappa shape index (κ3) is 6.27. The predicted octanol–water partition coefficient (Wildman–Crippen LogP) is 1.41. The lowest BCUT2D eigenvalue weighted by atomic mass is 9.91. The van der Waals surface area contributed by atoms with E-state index in [1.807, 2.05) is 27.7 Å². The van der Waals surface area contributed by atoms with Crippen LogP contribution in [0.3, 0.4) is 0 Å². The van der Waals surface area contributed by atoms with Crippen molar-refractivity contribution in [2.45, 2.75) is 40.5 Å². The lowest BCUT2D eigenvalue weighted by Crippen LogP contribution is -2.35. The molecule has 0 aromatic rings. The molecule has 16 heavy (non-hydrogen) atoms. The third-order valence-electron chi connectivity index (χ3n) is 2.18. The van der Waals surface area contributed by atoms with Gasteiger partial charge in [-0.15, -0.1) is 0 Å². The van der Waals surface area contributed by atoms with Gasteiger partial charge in [0.05, 0.1) is 0 Å². The van der Waals surface area contributed by atoms with E-state index in [2.05, 4.69) is 5.16 Å². The first-order chi connectivity index (χ1) is 7.30. The summed E-state index contributed by atoms with van der Waals surface area (Å²) >= 11 is 0. The number of carbonyl (C=O) groups is 1. The molecule has 0 aromatic heterocycles. The minimum Gasteiger partial charge on any atom is -0.409 e. The topological polar surface area (TPSA) is 78.9 Å². The van der Waals surface area contributed by atoms with Crippen LogP contribution in [-0.4, -0.2) is 34.9 Å². The minimum atomic E-state index is -0.0128. The summed E-state index contributed by atoms with van der Waals surface area (Å²) < 4.78 is 0. The molecule has 0 spiro atoms. The van der Waals surface area contributed by atoms with Crippen LogP contribution in [-0.2, 0) is 4.79 Å². The molecule has 3 N–H and O–H groups in total. The maximum atomic E-state index is 11.9. The number of hydrogen-bond donors (Lipinski definition) is 2. The van der Waals surface area contributed by atoms with Crippen molar-refractivity contribution in [3.05, 3.63) is 0 Å². The largest absolute Gasteiger partial charge is 0.409 e. The van der Waals surface area contributed by atoms with E-state index in [1.165, 1.54) is 0 Å². The van der Waals surface area contributed by atoms with Crippen LogP contribution in [0.4, 0.5) is 0 Å². The molecular formula is C11H23N3O2. The summed E-state index contributed by atoms with van der Waals surface area (Å²) in [5.74, 6) is 0.266. The Kier molecular flexibility index (Phi) is 5.85. The third-order valence-corrected chi connectivity index (χ3v) is 2.18. The molecule has 94 valence electrons. The molecule has 0 aliphatic rings. The SMILES string of the molecule is CCN(CCC(N)=NO)C(=O)CC(C)(C)C. The Bertz CT molecular complexity index is 256. The summed E-state index contributed by atoms with van der Waals surface area (Å²) in [7, 11) is 0. The number of oxime groups is 1. The average molecular weight is 229 g/mol. The predicted molar refractivity (Wildman–Crippen MR) is 64.4 cm³/mol. The lowest BCUT2D eigenvalue weighted by Gasteiger charge is -2.25. The van der Waals surface area contributed by atoms with E-state index in [1.54, 1.807) is 4.90 Å². The standard InChI is InChI=1S/C11H23N3O2/c1-5-14(7-6-9(12)13-16)10(15)8-11(2,3)4/h16H,5-8H2,1-4H3,(H2,12,13). The summed E-state index contributed by atoms with van der Waals surface area (Å²) in [4.78, 5) is 13.6. The first kappa shape index (κ1) is 14.7. The lowest BCUT2D eigenvalue weighted by molar-refractivity contribution is -0.132. The number of carbonyl (C=O) groups excluding carboxylic acids is 1. The second-order valence-electron chi connectivity index (χ2n) is 5.05. The van der Waals surface area contributed by atoms with Gasteiger partial charge in [0.25, 0.3) is 0 Å². The maximum absolute atomic E-state index is 11.9. The molecule has 0 saturated carbocycles. The highest BCUT2D eigenvalue weighted by Gasteiger charge is 2.20. The molecule has 0 rings (SSSR count). The van der Waals surface area contributed by atoms with Gasteiger partial charge in [-0.1, -0.05) is 25.9 Å². The highest BCUT2D eigenvalue weighted by atomic mass is 16.4. The molecule has 0 unspecified atom stereocenters. The van der Waals surface area contributed by atoms with E-state index in [-0.39, 0.29) is 17.2 Å². The fraction of sp³-hybridized carbons (Fsp3) is 0.818. The van der Waals surface area contributed by atoms with Gasteiger partial charge in [-0.25, -0.2) is 0 Å². The molecule has 0 atom stereocenters. The Morgan fingerprint density at radius 1 is 1.44 bits per heavy atom. The number of nitrogens with two attached hydrogens (primary N) is 1. The van der Waals surface area contributed by atoms with Crippen LogP contribution < -0.4 is 5.73 Å². The molecule has 0 saturated heterocycles. The quantitative estimate of drug-likeness (QED) is 0.324. The number of amides is 1. The van der Waals surface area contributed by atoms with Crippen molar-refractivity contribution in [1.29, 1.82) is 0 Å². The molecule has 1 amide bonds. The number of hydrogen-bond acceptors (Lipinski definition) is 3. The zero-order valence-corrected chi connectivity index (χ0v) is 10.7. The Balaban J connectivity index is 4.23. The van der Waals surface area contributed by atoms with Crippen LogP contribution in [0.25, 0.3) is 0 Å². The smallest absolute Gasteiger partial charge is 0.223 e. The summed E-state index contributed by atoms with van der Waals surface area (Å²) in [6.45, 7) is 9.16. The van der Waals surface area contributed by atoms with E-state index < -0.39 is 0 Å². The van der Waals surface area contributed by atoms with Gasteiger partial charge in [-0.05, 0) is 12.3 Å². The van der Waals surface area contributed by atoms with E-state index in [4.69, 9.17) is 10.9 Å². The van der Waals surface area contributed by atoms with Crippen molar-refractivity contribution in [2.24, 2.45) is 16.3 Å². The van der Waals surface area contributed by atoms with Crippen LogP contribution in [0.5, 0.6) is 0 Å². The van der Waals surface area contributed by atoms with Gasteiger partial charge in [0, 0.05) is 25.9 Å². The van der Waals surface area contributed by atoms with E-state index >= 15 is 0 Å². The zero-order chi connectivity index (χ0) is 12.8. The molecule has 0 radical (unpaired) electrons. The van der Waals surface area contributed by atoms with Crippen molar-refractivity contribution in [2.75, 3.05) is 13.1 Å². The molecule has 0 aliphatic heterocycles. The van der Waals surface area contributed by atoms with Gasteiger partial charge >= 0.3 is 0 Å². The van der Waals surface area contributed by atoms with Crippen LogP contribution in [0, 0.1) is 5.41 Å². The zero-order valence-electron chi connectivity index (χ0n) is 10.7. The van der Waals surface area contributed by atoms with Gasteiger partial charge in [0.15, 0.2) is 0 Å². The molecule has 5 heteroatoms. The fourth-order valence-electron chi connectivity index (χ4n) is 1.32. The van der Waals surface area contributed by atoms with Crippen molar-refractivity contribution < 1.29 is 10.0 Å². The van der Waals surface area contributed by atoms with E-state index in [0.717, 1.165) is 0 Å². The number of amidine groups is 1. The molecule has 5 nitrogen and oxygen atoms in total. The first-order valence-electron chi connectivity index (χ1n) is 5.54. The minimum absolute atomic E-state index is 0.0128. The summed E-state index contributed by atoms with van der Waals surface area (Å²) in [6.07, 6.45) is 0.914. The van der Waals surface area contributed by atoms with Gasteiger partial charge in [-0.2, -0.15) is 0 Å². The van der Waals surface area contributed by atoms with Crippen LogP contribution >= 0.6 is 0 Å². The summed E-state index contributed by atoms with van der Waals surface area (Å²) in [5.41, 5.74) is 5.35. The normalized spacial score (nSPS) is 12.6. The van der Waals surface area contributed by atoms with Crippen molar-refractivity contribution in [3.8, 4) is 0 Å². The van der Waals surface area contributed by atoms with Gasteiger partial charge < -0.3 is 15.8 Å². The van der Waals surface area contributed by atoms with Crippen LogP contribution in [0.1, 0.15) is 40.5 Å². The number of nitrogens with zero attached hydrogens (tertiary/aromatic N) is 2. The van der Waals surface area contributed by atoms with E-state index in [9.17, 15) is 4.79 Å². The second kappa shape index (κ2) is 6.35. The van der Waals surface area contributed by atoms with Gasteiger partial charge in [0.2, 0.25) is 5.91 Å². The Hall–Kier alpha value is -1.26. The second-order valence-corrected chi connectivity index (χ2v) is 5.05. The van der Waals surface area contributed by atoms with Crippen LogP contribution in [0.2, 0.25) is 0 Å². The van der Waals surface area contributed by atoms with Gasteiger partial charge in [-0.3, -0.25) is 4.79 Å². The van der Waals surface area contributed by atoms with Crippen molar-refractivity contribution >= 4 is 11.7 Å². The number of rotatable bonds is 5. The van der Waals surface area contributed by atoms with E-state index in [0.29, 0.717) is 25.9 Å². The maximum Gasteiger partial charge on any atom is 0.223 e. The summed E-state index contributed by atoms with van der Waals surface area (Å²) in [6, 6.07) is 0. The highest BCUT2D eigenvalue weighted by molar-refractivity contribution is 5.81. The van der Waals surface area contributed by atoms with Gasteiger partial charge in [0.1, 0.15) is 5.84 Å². The fourth-order valence-corrected chi connectivity index (χ4v) is 1.32. The molecule has 0 aliphatic carbocycles. The molecule has 0 fully saturated rings. The first-order valence-corrected chi connectivity index (χ1v) is 5.54. The molecule has 0 bridgehead atoms. The van der Waals surface area contributed by atoms with Crippen molar-refractivity contribution in [1.82, 2.24) is 4.90 Å². The molecular weight excluding hydrogens is 206 g/mol. The Labute approximate surface area is 97.3 Å².